The number of rotatable bonds is 2. The van der Waals surface area contributed by atoms with E-state index in [1.165, 1.54) is 5.69 Å². The summed E-state index contributed by atoms with van der Waals surface area (Å²) < 4.78 is 2.00. The fourth-order valence-corrected chi connectivity index (χ4v) is 3.08. The third-order valence-corrected chi connectivity index (χ3v) is 4.35. The number of alkyl halides is 1. The molecule has 0 radical (unpaired) electrons. The van der Waals surface area contributed by atoms with Crippen molar-refractivity contribution in [2.75, 3.05) is 0 Å². The van der Waals surface area contributed by atoms with Crippen LogP contribution in [0, 0.1) is 5.92 Å². The lowest BCUT2D eigenvalue weighted by atomic mass is 9.94. The molecule has 0 aliphatic heterocycles. The van der Waals surface area contributed by atoms with Crippen molar-refractivity contribution >= 4 is 23.2 Å². The minimum Gasteiger partial charge on any atom is -0.268 e. The van der Waals surface area contributed by atoms with Crippen LogP contribution in [0.4, 0.5) is 0 Å². The quantitative estimate of drug-likeness (QED) is 0.729. The molecule has 2 rings (SSSR count). The van der Waals surface area contributed by atoms with Gasteiger partial charge in [-0.1, -0.05) is 18.5 Å². The number of nitrogens with zero attached hydrogens (tertiary/aromatic N) is 2. The van der Waals surface area contributed by atoms with Crippen molar-refractivity contribution in [3.63, 3.8) is 0 Å². The van der Waals surface area contributed by atoms with Crippen LogP contribution in [-0.2, 0) is 6.54 Å². The highest BCUT2D eigenvalue weighted by Crippen LogP contribution is 2.44. The molecule has 1 aliphatic rings. The summed E-state index contributed by atoms with van der Waals surface area (Å²) in [5.74, 6) is 0.966. The lowest BCUT2D eigenvalue weighted by molar-refractivity contribution is 0.486. The van der Waals surface area contributed by atoms with Crippen LogP contribution in [0.1, 0.15) is 38.3 Å². The van der Waals surface area contributed by atoms with Crippen molar-refractivity contribution in [3.8, 4) is 0 Å². The van der Waals surface area contributed by atoms with Gasteiger partial charge in [0.25, 0.3) is 0 Å². The third kappa shape index (κ3) is 1.90. The maximum atomic E-state index is 6.25. The minimum absolute atomic E-state index is 0.284. The first-order valence-corrected chi connectivity index (χ1v) is 6.31. The van der Waals surface area contributed by atoms with E-state index >= 15 is 0 Å². The standard InChI is InChI=1S/C11H16Cl2N2/c1-3-15-11(10(13)6-14-15)8-4-5-9(12)7(8)2/h6-9H,3-5H2,1-2H3. The van der Waals surface area contributed by atoms with Gasteiger partial charge in [0.1, 0.15) is 0 Å². The van der Waals surface area contributed by atoms with E-state index < -0.39 is 0 Å². The fraction of sp³-hybridized carbons (Fsp3) is 0.727. The van der Waals surface area contributed by atoms with Gasteiger partial charge in [-0.25, -0.2) is 0 Å². The van der Waals surface area contributed by atoms with Crippen LogP contribution < -0.4 is 0 Å². The van der Waals surface area contributed by atoms with E-state index in [1.54, 1.807) is 6.20 Å². The topological polar surface area (TPSA) is 17.8 Å². The summed E-state index contributed by atoms with van der Waals surface area (Å²) in [5, 5.41) is 5.35. The maximum Gasteiger partial charge on any atom is 0.0820 e. The summed E-state index contributed by atoms with van der Waals surface area (Å²) in [6.45, 7) is 5.17. The Morgan fingerprint density at radius 1 is 1.53 bits per heavy atom. The van der Waals surface area contributed by atoms with Crippen LogP contribution in [0.15, 0.2) is 6.20 Å². The highest BCUT2D eigenvalue weighted by Gasteiger charge is 2.35. The van der Waals surface area contributed by atoms with Gasteiger partial charge in [-0.3, -0.25) is 4.68 Å². The Labute approximate surface area is 101 Å². The van der Waals surface area contributed by atoms with Gasteiger partial charge in [-0.2, -0.15) is 5.10 Å². The molecule has 1 fully saturated rings. The normalized spacial score (nSPS) is 31.1. The summed E-state index contributed by atoms with van der Waals surface area (Å²) in [5.41, 5.74) is 1.18. The van der Waals surface area contributed by atoms with Crippen molar-refractivity contribution in [2.24, 2.45) is 5.92 Å². The summed E-state index contributed by atoms with van der Waals surface area (Å²) >= 11 is 12.4. The Kier molecular flexibility index (Phi) is 3.27. The van der Waals surface area contributed by atoms with E-state index in [2.05, 4.69) is 18.9 Å². The van der Waals surface area contributed by atoms with Gasteiger partial charge in [0.05, 0.1) is 16.9 Å². The summed E-state index contributed by atoms with van der Waals surface area (Å²) in [6.07, 6.45) is 3.95. The molecule has 84 valence electrons. The van der Waals surface area contributed by atoms with Crippen LogP contribution >= 0.6 is 23.2 Å². The summed E-state index contributed by atoms with van der Waals surface area (Å²) in [4.78, 5) is 0. The van der Waals surface area contributed by atoms with E-state index in [9.17, 15) is 0 Å². The highest BCUT2D eigenvalue weighted by molar-refractivity contribution is 6.31. The van der Waals surface area contributed by atoms with Crippen LogP contribution in [0.5, 0.6) is 0 Å². The van der Waals surface area contributed by atoms with E-state index in [0.717, 1.165) is 24.4 Å². The smallest absolute Gasteiger partial charge is 0.0820 e. The van der Waals surface area contributed by atoms with Gasteiger partial charge in [0.2, 0.25) is 0 Å². The van der Waals surface area contributed by atoms with E-state index in [0.29, 0.717) is 11.8 Å². The molecule has 2 nitrogen and oxygen atoms in total. The molecule has 0 spiro atoms. The Morgan fingerprint density at radius 2 is 2.27 bits per heavy atom. The molecule has 3 unspecified atom stereocenters. The monoisotopic (exact) mass is 246 g/mol. The largest absolute Gasteiger partial charge is 0.268 e. The second kappa shape index (κ2) is 4.34. The zero-order valence-electron chi connectivity index (χ0n) is 9.08. The lowest BCUT2D eigenvalue weighted by Crippen LogP contribution is -2.14. The Hall–Kier alpha value is -0.210. The zero-order valence-corrected chi connectivity index (χ0v) is 10.6. The van der Waals surface area contributed by atoms with E-state index in [-0.39, 0.29) is 5.38 Å². The fourth-order valence-electron chi connectivity index (χ4n) is 2.49. The maximum absolute atomic E-state index is 6.25. The van der Waals surface area contributed by atoms with Crippen LogP contribution in [-0.4, -0.2) is 15.2 Å². The Balaban J connectivity index is 2.32. The number of halogens is 2. The van der Waals surface area contributed by atoms with Gasteiger partial charge in [-0.05, 0) is 25.7 Å². The summed E-state index contributed by atoms with van der Waals surface area (Å²) in [7, 11) is 0. The first-order chi connectivity index (χ1) is 7.15. The van der Waals surface area contributed by atoms with Gasteiger partial charge in [-0.15, -0.1) is 11.6 Å². The molecule has 0 amide bonds. The zero-order chi connectivity index (χ0) is 11.0. The van der Waals surface area contributed by atoms with Crippen LogP contribution in [0.3, 0.4) is 0 Å². The molecule has 0 N–H and O–H groups in total. The predicted molar refractivity (Wildman–Crippen MR) is 63.7 cm³/mol. The van der Waals surface area contributed by atoms with Crippen molar-refractivity contribution in [1.29, 1.82) is 0 Å². The number of aryl methyl sites for hydroxylation is 1. The van der Waals surface area contributed by atoms with Gasteiger partial charge in [0, 0.05) is 17.8 Å². The van der Waals surface area contributed by atoms with E-state index in [1.807, 2.05) is 4.68 Å². The molecule has 1 heterocycles. The molecule has 1 aromatic rings. The first kappa shape index (κ1) is 11.3. The molecule has 0 aromatic carbocycles. The molecule has 4 heteroatoms. The molecular formula is C11H16Cl2N2. The summed E-state index contributed by atoms with van der Waals surface area (Å²) in [6, 6.07) is 0. The molecule has 1 saturated carbocycles. The van der Waals surface area contributed by atoms with Crippen LogP contribution in [0.25, 0.3) is 0 Å². The van der Waals surface area contributed by atoms with Crippen molar-refractivity contribution < 1.29 is 0 Å². The minimum atomic E-state index is 0.284. The average Bonchev–Trinajstić information content (AvgIpc) is 2.73. The molecule has 3 atom stereocenters. The van der Waals surface area contributed by atoms with Crippen molar-refractivity contribution in [1.82, 2.24) is 9.78 Å². The second-order valence-electron chi connectivity index (χ2n) is 4.25. The van der Waals surface area contributed by atoms with E-state index in [4.69, 9.17) is 23.2 Å². The Bertz CT molecular complexity index is 348. The number of aromatic nitrogens is 2. The lowest BCUT2D eigenvalue weighted by Gasteiger charge is -2.18. The molecule has 1 aromatic heterocycles. The molecule has 0 bridgehead atoms. The van der Waals surface area contributed by atoms with Crippen molar-refractivity contribution in [2.45, 2.75) is 44.5 Å². The second-order valence-corrected chi connectivity index (χ2v) is 5.22. The molecular weight excluding hydrogens is 231 g/mol. The predicted octanol–water partition coefficient (Wildman–Crippen LogP) is 3.68. The molecule has 15 heavy (non-hydrogen) atoms. The van der Waals surface area contributed by atoms with Crippen LogP contribution in [0.2, 0.25) is 5.02 Å². The number of hydrogen-bond donors (Lipinski definition) is 0. The highest BCUT2D eigenvalue weighted by atomic mass is 35.5. The average molecular weight is 247 g/mol. The SMILES string of the molecule is CCn1ncc(Cl)c1C1CCC(Cl)C1C. The molecule has 0 saturated heterocycles. The van der Waals surface area contributed by atoms with Gasteiger partial charge in [0.15, 0.2) is 0 Å². The Morgan fingerprint density at radius 3 is 2.80 bits per heavy atom. The molecule has 1 aliphatic carbocycles. The van der Waals surface area contributed by atoms with Gasteiger partial charge < -0.3 is 0 Å². The number of hydrogen-bond acceptors (Lipinski definition) is 1. The van der Waals surface area contributed by atoms with Crippen molar-refractivity contribution in [3.05, 3.63) is 16.9 Å². The first-order valence-electron chi connectivity index (χ1n) is 5.50. The van der Waals surface area contributed by atoms with Gasteiger partial charge >= 0.3 is 0 Å². The third-order valence-electron chi connectivity index (χ3n) is 3.44.